The van der Waals surface area contributed by atoms with Crippen LogP contribution in [-0.2, 0) is 0 Å². The van der Waals surface area contributed by atoms with Gasteiger partial charge in [-0.3, -0.25) is 4.79 Å². The second-order valence-electron chi connectivity index (χ2n) is 3.20. The average Bonchev–Trinajstić information content (AvgIpc) is 2.70. The molecule has 2 rings (SSSR count). The second-order valence-corrected chi connectivity index (χ2v) is 3.20. The number of ether oxygens (including phenoxy) is 1. The number of H-pyrrole nitrogens is 1. The second kappa shape index (κ2) is 3.74. The van der Waals surface area contributed by atoms with Crippen molar-refractivity contribution in [2.75, 3.05) is 13.7 Å². The summed E-state index contributed by atoms with van der Waals surface area (Å²) < 4.78 is 5.06. The highest BCUT2D eigenvalue weighted by Gasteiger charge is 2.10. The molecular formula is C11H11NO3. The molecule has 0 aliphatic carbocycles. The third-order valence-corrected chi connectivity index (χ3v) is 2.33. The molecule has 2 N–H and O–H groups in total. The fraction of sp³-hybridized carbons (Fsp3) is 0.182. The molecule has 0 saturated carbocycles. The summed E-state index contributed by atoms with van der Waals surface area (Å²) in [6.07, 6.45) is 1.60. The van der Waals surface area contributed by atoms with Gasteiger partial charge in [-0.05, 0) is 12.1 Å². The SMILES string of the molecule is COc1ccc2c(C(=O)CO)c[nH]c2c1. The van der Waals surface area contributed by atoms with Crippen molar-refractivity contribution in [1.82, 2.24) is 4.98 Å². The van der Waals surface area contributed by atoms with Crippen molar-refractivity contribution in [2.24, 2.45) is 0 Å². The number of benzene rings is 1. The minimum Gasteiger partial charge on any atom is -0.497 e. The van der Waals surface area contributed by atoms with Gasteiger partial charge >= 0.3 is 0 Å². The Bertz CT molecular complexity index is 502. The first kappa shape index (κ1) is 9.73. The van der Waals surface area contributed by atoms with E-state index in [1.54, 1.807) is 25.4 Å². The fourth-order valence-electron chi connectivity index (χ4n) is 1.55. The van der Waals surface area contributed by atoms with E-state index in [9.17, 15) is 4.79 Å². The van der Waals surface area contributed by atoms with Crippen molar-refractivity contribution in [3.63, 3.8) is 0 Å². The van der Waals surface area contributed by atoms with Crippen molar-refractivity contribution < 1.29 is 14.6 Å². The lowest BCUT2D eigenvalue weighted by molar-refractivity contribution is 0.0905. The van der Waals surface area contributed by atoms with Gasteiger partial charge in [0.05, 0.1) is 7.11 Å². The van der Waals surface area contributed by atoms with Gasteiger partial charge in [0, 0.05) is 28.7 Å². The molecular weight excluding hydrogens is 194 g/mol. The number of aliphatic hydroxyl groups is 1. The zero-order valence-electron chi connectivity index (χ0n) is 8.28. The van der Waals surface area contributed by atoms with E-state index in [4.69, 9.17) is 9.84 Å². The maximum Gasteiger partial charge on any atom is 0.190 e. The molecule has 0 radical (unpaired) electrons. The molecule has 0 atom stereocenters. The van der Waals surface area contributed by atoms with Crippen LogP contribution in [0, 0.1) is 0 Å². The largest absolute Gasteiger partial charge is 0.497 e. The molecule has 0 bridgehead atoms. The highest BCUT2D eigenvalue weighted by atomic mass is 16.5. The van der Waals surface area contributed by atoms with Gasteiger partial charge in [-0.15, -0.1) is 0 Å². The number of Topliss-reactive ketones (excluding diaryl/α,β-unsaturated/α-hetero) is 1. The standard InChI is InChI=1S/C11H11NO3/c1-15-7-2-3-8-9(11(14)6-13)5-12-10(8)4-7/h2-5,12-13H,6H2,1H3. The van der Waals surface area contributed by atoms with Crippen LogP contribution < -0.4 is 4.74 Å². The molecule has 15 heavy (non-hydrogen) atoms. The third kappa shape index (κ3) is 1.59. The van der Waals surface area contributed by atoms with Crippen molar-refractivity contribution in [3.8, 4) is 5.75 Å². The molecule has 0 amide bonds. The minimum atomic E-state index is -0.473. The number of hydrogen-bond donors (Lipinski definition) is 2. The lowest BCUT2D eigenvalue weighted by atomic mass is 10.1. The maximum atomic E-state index is 11.3. The van der Waals surface area contributed by atoms with Gasteiger partial charge in [0.1, 0.15) is 12.4 Å². The average molecular weight is 205 g/mol. The van der Waals surface area contributed by atoms with E-state index in [2.05, 4.69) is 4.98 Å². The molecule has 0 fully saturated rings. The maximum absolute atomic E-state index is 11.3. The Morgan fingerprint density at radius 1 is 1.53 bits per heavy atom. The van der Waals surface area contributed by atoms with Crippen LogP contribution in [0.2, 0.25) is 0 Å². The molecule has 2 aromatic rings. The van der Waals surface area contributed by atoms with Crippen LogP contribution in [0.1, 0.15) is 10.4 Å². The summed E-state index contributed by atoms with van der Waals surface area (Å²) in [6.45, 7) is -0.473. The van der Waals surface area contributed by atoms with Gasteiger partial charge in [-0.25, -0.2) is 0 Å². The van der Waals surface area contributed by atoms with E-state index >= 15 is 0 Å². The van der Waals surface area contributed by atoms with Crippen LogP contribution >= 0.6 is 0 Å². The molecule has 78 valence electrons. The number of rotatable bonds is 3. The normalized spacial score (nSPS) is 10.5. The van der Waals surface area contributed by atoms with E-state index < -0.39 is 6.61 Å². The Hall–Kier alpha value is -1.81. The predicted octanol–water partition coefficient (Wildman–Crippen LogP) is 1.35. The molecule has 4 nitrogen and oxygen atoms in total. The van der Waals surface area contributed by atoms with Crippen molar-refractivity contribution in [1.29, 1.82) is 0 Å². The van der Waals surface area contributed by atoms with E-state index in [0.717, 1.165) is 16.7 Å². The minimum absolute atomic E-state index is 0.286. The van der Waals surface area contributed by atoms with Crippen LogP contribution in [0.4, 0.5) is 0 Å². The Morgan fingerprint density at radius 2 is 2.33 bits per heavy atom. The van der Waals surface area contributed by atoms with Crippen LogP contribution in [0.3, 0.4) is 0 Å². The topological polar surface area (TPSA) is 62.3 Å². The van der Waals surface area contributed by atoms with Gasteiger partial charge < -0.3 is 14.8 Å². The summed E-state index contributed by atoms with van der Waals surface area (Å²) in [5, 5.41) is 9.58. The summed E-state index contributed by atoms with van der Waals surface area (Å²) >= 11 is 0. The number of aliphatic hydroxyl groups excluding tert-OH is 1. The smallest absolute Gasteiger partial charge is 0.190 e. The fourth-order valence-corrected chi connectivity index (χ4v) is 1.55. The van der Waals surface area contributed by atoms with E-state index in [-0.39, 0.29) is 5.78 Å². The Kier molecular flexibility index (Phi) is 2.43. The summed E-state index contributed by atoms with van der Waals surface area (Å²) in [5.74, 6) is 0.443. The summed E-state index contributed by atoms with van der Waals surface area (Å²) in [5.41, 5.74) is 1.33. The van der Waals surface area contributed by atoms with E-state index in [1.165, 1.54) is 0 Å². The van der Waals surface area contributed by atoms with Crippen molar-refractivity contribution >= 4 is 16.7 Å². The van der Waals surface area contributed by atoms with Crippen LogP contribution in [-0.4, -0.2) is 29.6 Å². The Morgan fingerprint density at radius 3 is 3.00 bits per heavy atom. The molecule has 1 aromatic carbocycles. The zero-order valence-corrected chi connectivity index (χ0v) is 8.28. The number of fused-ring (bicyclic) bond motifs is 1. The number of aromatic amines is 1. The lowest BCUT2D eigenvalue weighted by Gasteiger charge is -1.99. The predicted molar refractivity (Wildman–Crippen MR) is 56.3 cm³/mol. The summed E-state index contributed by atoms with van der Waals surface area (Å²) in [7, 11) is 1.59. The molecule has 0 saturated heterocycles. The Balaban J connectivity index is 2.57. The third-order valence-electron chi connectivity index (χ3n) is 2.33. The molecule has 1 heterocycles. The number of carbonyl (C=O) groups excluding carboxylic acids is 1. The zero-order chi connectivity index (χ0) is 10.8. The highest BCUT2D eigenvalue weighted by molar-refractivity contribution is 6.08. The van der Waals surface area contributed by atoms with Gasteiger partial charge in [-0.1, -0.05) is 0 Å². The lowest BCUT2D eigenvalue weighted by Crippen LogP contribution is -2.02. The van der Waals surface area contributed by atoms with Crippen LogP contribution in [0.15, 0.2) is 24.4 Å². The summed E-state index contributed by atoms with van der Waals surface area (Å²) in [6, 6.07) is 5.39. The molecule has 0 spiro atoms. The number of methoxy groups -OCH3 is 1. The number of ketones is 1. The molecule has 0 aliphatic rings. The number of aromatic nitrogens is 1. The molecule has 4 heteroatoms. The first-order chi connectivity index (χ1) is 7.26. The van der Waals surface area contributed by atoms with E-state index in [1.807, 2.05) is 6.07 Å². The van der Waals surface area contributed by atoms with Crippen LogP contribution in [0.5, 0.6) is 5.75 Å². The highest BCUT2D eigenvalue weighted by Crippen LogP contribution is 2.23. The van der Waals surface area contributed by atoms with Gasteiger partial charge in [0.15, 0.2) is 5.78 Å². The number of carbonyl (C=O) groups is 1. The Labute approximate surface area is 86.5 Å². The summed E-state index contributed by atoms with van der Waals surface area (Å²) in [4.78, 5) is 14.3. The van der Waals surface area contributed by atoms with E-state index in [0.29, 0.717) is 5.56 Å². The monoisotopic (exact) mass is 205 g/mol. The van der Waals surface area contributed by atoms with Gasteiger partial charge in [0.25, 0.3) is 0 Å². The molecule has 0 aliphatic heterocycles. The molecule has 1 aromatic heterocycles. The quantitative estimate of drug-likeness (QED) is 0.743. The number of nitrogens with one attached hydrogen (secondary N) is 1. The number of hydrogen-bond acceptors (Lipinski definition) is 3. The molecule has 0 unspecified atom stereocenters. The van der Waals surface area contributed by atoms with Crippen molar-refractivity contribution in [3.05, 3.63) is 30.0 Å². The van der Waals surface area contributed by atoms with Gasteiger partial charge in [-0.2, -0.15) is 0 Å². The first-order valence-electron chi connectivity index (χ1n) is 4.55. The van der Waals surface area contributed by atoms with Gasteiger partial charge in [0.2, 0.25) is 0 Å². The van der Waals surface area contributed by atoms with Crippen LogP contribution in [0.25, 0.3) is 10.9 Å². The first-order valence-corrected chi connectivity index (χ1v) is 4.55. The van der Waals surface area contributed by atoms with Crippen molar-refractivity contribution in [2.45, 2.75) is 0 Å².